The topological polar surface area (TPSA) is 55.4 Å². The highest BCUT2D eigenvalue weighted by Gasteiger charge is 2.08. The van der Waals surface area contributed by atoms with Crippen LogP contribution in [0.1, 0.15) is 12.5 Å². The van der Waals surface area contributed by atoms with Gasteiger partial charge in [-0.3, -0.25) is 4.79 Å². The minimum absolute atomic E-state index is 0.134. The molecule has 1 rings (SSSR count). The number of esters is 1. The number of hydrogen-bond acceptors (Lipinski definition) is 3. The highest BCUT2D eigenvalue weighted by molar-refractivity contribution is 5.82. The summed E-state index contributed by atoms with van der Waals surface area (Å²) in [5.74, 6) is -0.566. The molecular weight excluding hydrogens is 230 g/mol. The van der Waals surface area contributed by atoms with Gasteiger partial charge in [0.15, 0.2) is 0 Å². The predicted molar refractivity (Wildman–Crippen MR) is 68.9 cm³/mol. The SMILES string of the molecule is COC(=O)/C=C/[C@H](Cc1ccccc1)NC(C)=O. The average molecular weight is 247 g/mol. The van der Waals surface area contributed by atoms with Crippen LogP contribution in [0.5, 0.6) is 0 Å². The molecule has 0 saturated heterocycles. The van der Waals surface area contributed by atoms with Crippen molar-refractivity contribution >= 4 is 11.9 Å². The molecule has 0 radical (unpaired) electrons. The molecule has 4 heteroatoms. The number of ether oxygens (including phenoxy) is 1. The fourth-order valence-electron chi connectivity index (χ4n) is 1.56. The first-order chi connectivity index (χ1) is 8.61. The van der Waals surface area contributed by atoms with E-state index in [0.29, 0.717) is 6.42 Å². The molecule has 0 fully saturated rings. The van der Waals surface area contributed by atoms with E-state index in [1.54, 1.807) is 6.08 Å². The molecule has 0 aliphatic carbocycles. The van der Waals surface area contributed by atoms with Gasteiger partial charge in [0, 0.05) is 13.0 Å². The van der Waals surface area contributed by atoms with E-state index < -0.39 is 5.97 Å². The maximum Gasteiger partial charge on any atom is 0.330 e. The lowest BCUT2D eigenvalue weighted by atomic mass is 10.1. The Hall–Kier alpha value is -2.10. The number of hydrogen-bond donors (Lipinski definition) is 1. The smallest absolute Gasteiger partial charge is 0.330 e. The molecule has 1 amide bonds. The first kappa shape index (κ1) is 14.0. The highest BCUT2D eigenvalue weighted by Crippen LogP contribution is 2.04. The van der Waals surface area contributed by atoms with E-state index in [2.05, 4.69) is 10.1 Å². The lowest BCUT2D eigenvalue weighted by Crippen LogP contribution is -2.33. The molecule has 18 heavy (non-hydrogen) atoms. The van der Waals surface area contributed by atoms with Gasteiger partial charge < -0.3 is 10.1 Å². The lowest BCUT2D eigenvalue weighted by Gasteiger charge is -2.13. The normalized spacial score (nSPS) is 12.1. The molecule has 1 N–H and O–H groups in total. The van der Waals surface area contributed by atoms with Gasteiger partial charge in [-0.25, -0.2) is 4.79 Å². The summed E-state index contributed by atoms with van der Waals surface area (Å²) < 4.78 is 4.52. The van der Waals surface area contributed by atoms with Gasteiger partial charge in [0.1, 0.15) is 0 Å². The molecule has 0 aromatic heterocycles. The molecule has 0 aliphatic rings. The minimum atomic E-state index is -0.432. The van der Waals surface area contributed by atoms with Crippen LogP contribution < -0.4 is 5.32 Å². The quantitative estimate of drug-likeness (QED) is 0.633. The number of benzene rings is 1. The van der Waals surface area contributed by atoms with Crippen LogP contribution in [-0.2, 0) is 20.7 Å². The summed E-state index contributed by atoms with van der Waals surface area (Å²) in [4.78, 5) is 22.1. The zero-order valence-electron chi connectivity index (χ0n) is 10.6. The first-order valence-corrected chi connectivity index (χ1v) is 5.69. The molecule has 0 spiro atoms. The fraction of sp³-hybridized carbons (Fsp3) is 0.286. The van der Waals surface area contributed by atoms with Crippen molar-refractivity contribution in [1.29, 1.82) is 0 Å². The van der Waals surface area contributed by atoms with Crippen LogP contribution in [0.4, 0.5) is 0 Å². The van der Waals surface area contributed by atoms with Gasteiger partial charge in [0.25, 0.3) is 0 Å². The third kappa shape index (κ3) is 5.30. The highest BCUT2D eigenvalue weighted by atomic mass is 16.5. The second-order valence-electron chi connectivity index (χ2n) is 3.88. The first-order valence-electron chi connectivity index (χ1n) is 5.69. The summed E-state index contributed by atoms with van der Waals surface area (Å²) in [5, 5.41) is 2.77. The van der Waals surface area contributed by atoms with E-state index in [1.807, 2.05) is 30.3 Å². The van der Waals surface area contributed by atoms with Gasteiger partial charge in [-0.15, -0.1) is 0 Å². The van der Waals surface area contributed by atoms with E-state index in [9.17, 15) is 9.59 Å². The number of carbonyl (C=O) groups excluding carboxylic acids is 2. The Bertz CT molecular complexity index is 426. The third-order valence-electron chi connectivity index (χ3n) is 2.35. The van der Waals surface area contributed by atoms with Crippen molar-refractivity contribution in [2.45, 2.75) is 19.4 Å². The number of nitrogens with one attached hydrogen (secondary N) is 1. The maximum atomic E-state index is 11.1. The molecule has 4 nitrogen and oxygen atoms in total. The van der Waals surface area contributed by atoms with E-state index >= 15 is 0 Å². The molecule has 1 atom stereocenters. The van der Waals surface area contributed by atoms with Crippen molar-refractivity contribution in [3.05, 3.63) is 48.0 Å². The zero-order valence-corrected chi connectivity index (χ0v) is 10.6. The van der Waals surface area contributed by atoms with Crippen molar-refractivity contribution < 1.29 is 14.3 Å². The molecule has 0 heterocycles. The van der Waals surface area contributed by atoms with Gasteiger partial charge in [0.05, 0.1) is 13.2 Å². The number of carbonyl (C=O) groups is 2. The van der Waals surface area contributed by atoms with Gasteiger partial charge in [-0.1, -0.05) is 36.4 Å². The molecule has 0 aliphatic heterocycles. The predicted octanol–water partition coefficient (Wildman–Crippen LogP) is 1.46. The van der Waals surface area contributed by atoms with Crippen molar-refractivity contribution in [2.75, 3.05) is 7.11 Å². The summed E-state index contributed by atoms with van der Waals surface area (Å²) in [5.41, 5.74) is 1.09. The van der Waals surface area contributed by atoms with Gasteiger partial charge in [-0.2, -0.15) is 0 Å². The van der Waals surface area contributed by atoms with Crippen LogP contribution in [-0.4, -0.2) is 25.0 Å². The summed E-state index contributed by atoms with van der Waals surface area (Å²) >= 11 is 0. The molecule has 1 aromatic carbocycles. The molecule has 96 valence electrons. The molecular formula is C14H17NO3. The van der Waals surface area contributed by atoms with E-state index in [0.717, 1.165) is 5.56 Å². The van der Waals surface area contributed by atoms with Crippen molar-refractivity contribution in [3.8, 4) is 0 Å². The van der Waals surface area contributed by atoms with Crippen LogP contribution in [0.15, 0.2) is 42.5 Å². The molecule has 0 bridgehead atoms. The summed E-state index contributed by atoms with van der Waals surface area (Å²) in [6.07, 6.45) is 3.59. The van der Waals surface area contributed by atoms with Crippen LogP contribution >= 0.6 is 0 Å². The number of methoxy groups -OCH3 is 1. The van der Waals surface area contributed by atoms with E-state index in [1.165, 1.54) is 20.1 Å². The second-order valence-corrected chi connectivity index (χ2v) is 3.88. The standard InChI is InChI=1S/C14H17NO3/c1-11(16)15-13(8-9-14(17)18-2)10-12-6-4-3-5-7-12/h3-9,13H,10H2,1-2H3,(H,15,16)/b9-8+/t13-/m1/s1. The summed E-state index contributed by atoms with van der Waals surface area (Å²) in [6.45, 7) is 1.45. The Morgan fingerprint density at radius 2 is 2.00 bits per heavy atom. The van der Waals surface area contributed by atoms with Gasteiger partial charge >= 0.3 is 5.97 Å². The van der Waals surface area contributed by atoms with Crippen LogP contribution in [0.25, 0.3) is 0 Å². The summed E-state index contributed by atoms with van der Waals surface area (Å²) in [6, 6.07) is 9.53. The Balaban J connectivity index is 2.69. The van der Waals surface area contributed by atoms with Crippen LogP contribution in [0, 0.1) is 0 Å². The second kappa shape index (κ2) is 7.27. The Morgan fingerprint density at radius 1 is 1.33 bits per heavy atom. The van der Waals surface area contributed by atoms with Gasteiger partial charge in [-0.05, 0) is 12.0 Å². The van der Waals surface area contributed by atoms with Crippen molar-refractivity contribution in [3.63, 3.8) is 0 Å². The number of rotatable bonds is 5. The van der Waals surface area contributed by atoms with Crippen molar-refractivity contribution in [1.82, 2.24) is 5.32 Å². The Morgan fingerprint density at radius 3 is 2.56 bits per heavy atom. The van der Waals surface area contributed by atoms with E-state index in [-0.39, 0.29) is 11.9 Å². The monoisotopic (exact) mass is 247 g/mol. The number of amides is 1. The van der Waals surface area contributed by atoms with Crippen LogP contribution in [0.2, 0.25) is 0 Å². The zero-order chi connectivity index (χ0) is 13.4. The third-order valence-corrected chi connectivity index (χ3v) is 2.35. The largest absolute Gasteiger partial charge is 0.466 e. The minimum Gasteiger partial charge on any atom is -0.466 e. The maximum absolute atomic E-state index is 11.1. The molecule has 0 unspecified atom stereocenters. The van der Waals surface area contributed by atoms with E-state index in [4.69, 9.17) is 0 Å². The fourth-order valence-corrected chi connectivity index (χ4v) is 1.56. The van der Waals surface area contributed by atoms with Crippen molar-refractivity contribution in [2.24, 2.45) is 0 Å². The summed E-state index contributed by atoms with van der Waals surface area (Å²) in [7, 11) is 1.32. The lowest BCUT2D eigenvalue weighted by molar-refractivity contribution is -0.134. The molecule has 1 aromatic rings. The molecule has 0 saturated carbocycles. The Labute approximate surface area is 107 Å². The Kier molecular flexibility index (Phi) is 5.64. The average Bonchev–Trinajstić information content (AvgIpc) is 2.36. The van der Waals surface area contributed by atoms with Crippen LogP contribution in [0.3, 0.4) is 0 Å². The van der Waals surface area contributed by atoms with Gasteiger partial charge in [0.2, 0.25) is 5.91 Å².